The van der Waals surface area contributed by atoms with E-state index in [1.807, 2.05) is 4.90 Å². The van der Waals surface area contributed by atoms with Crippen molar-refractivity contribution in [2.75, 3.05) is 39.3 Å². The third kappa shape index (κ3) is 2.74. The summed E-state index contributed by atoms with van der Waals surface area (Å²) in [5.74, 6) is 2.16. The van der Waals surface area contributed by atoms with Crippen LogP contribution in [0.4, 0.5) is 0 Å². The van der Waals surface area contributed by atoms with Gasteiger partial charge in [-0.3, -0.25) is 9.69 Å². The van der Waals surface area contributed by atoms with Gasteiger partial charge in [0.25, 0.3) is 0 Å². The van der Waals surface area contributed by atoms with Gasteiger partial charge in [-0.1, -0.05) is 13.8 Å². The number of piperidine rings is 1. The second-order valence-corrected chi connectivity index (χ2v) is 11.0. The smallest absolute Gasteiger partial charge is 0.219 e. The molecule has 3 aliphatic heterocycles. The first-order valence-electron chi connectivity index (χ1n) is 11.1. The Morgan fingerprint density at radius 2 is 1.42 bits per heavy atom. The second-order valence-electron chi connectivity index (χ2n) is 11.0. The van der Waals surface area contributed by atoms with Gasteiger partial charge in [-0.2, -0.15) is 0 Å². The molecule has 5 fully saturated rings. The standard InChI is InChI=1S/C22H37N3O/c1-16(2)18-8-21(9-18)14-25(15-21)19-4-6-23(7-5-19)20-10-22(11-20)12-24(13-22)17(3)26/h16,18-20H,4-15H2,1-3H3. The predicted octanol–water partition coefficient (Wildman–Crippen LogP) is 2.83. The highest BCUT2D eigenvalue weighted by atomic mass is 16.2. The molecular weight excluding hydrogens is 322 g/mol. The Hall–Kier alpha value is -0.610. The zero-order chi connectivity index (χ0) is 18.1. The van der Waals surface area contributed by atoms with E-state index in [4.69, 9.17) is 0 Å². The molecule has 5 rings (SSSR count). The van der Waals surface area contributed by atoms with Crippen molar-refractivity contribution in [1.82, 2.24) is 14.7 Å². The Bertz CT molecular complexity index is 552. The largest absolute Gasteiger partial charge is 0.342 e. The van der Waals surface area contributed by atoms with Gasteiger partial charge in [-0.15, -0.1) is 0 Å². The first-order valence-corrected chi connectivity index (χ1v) is 11.1. The summed E-state index contributed by atoms with van der Waals surface area (Å²) in [5.41, 5.74) is 1.24. The third-order valence-corrected chi connectivity index (χ3v) is 8.78. The Morgan fingerprint density at radius 1 is 0.846 bits per heavy atom. The van der Waals surface area contributed by atoms with E-state index in [0.29, 0.717) is 5.41 Å². The molecule has 146 valence electrons. The van der Waals surface area contributed by atoms with E-state index in [-0.39, 0.29) is 5.91 Å². The SMILES string of the molecule is CC(=O)N1CC2(CC(N3CCC(N4CC5(CC(C(C)C)C5)C4)CC3)C2)C1. The van der Waals surface area contributed by atoms with Gasteiger partial charge in [-0.05, 0) is 68.9 Å². The normalized spacial score (nSPS) is 32.4. The lowest BCUT2D eigenvalue weighted by atomic mass is 9.55. The lowest BCUT2D eigenvalue weighted by molar-refractivity contribution is -0.158. The fourth-order valence-corrected chi connectivity index (χ4v) is 6.91. The van der Waals surface area contributed by atoms with Crippen molar-refractivity contribution in [2.45, 2.75) is 71.4 Å². The van der Waals surface area contributed by atoms with Crippen LogP contribution in [0.15, 0.2) is 0 Å². The topological polar surface area (TPSA) is 26.8 Å². The molecule has 0 aromatic rings. The van der Waals surface area contributed by atoms with Gasteiger partial charge in [-0.25, -0.2) is 0 Å². The molecule has 0 N–H and O–H groups in total. The van der Waals surface area contributed by atoms with Gasteiger partial charge >= 0.3 is 0 Å². The maximum atomic E-state index is 11.4. The Balaban J connectivity index is 1.02. The van der Waals surface area contributed by atoms with Crippen LogP contribution >= 0.6 is 0 Å². The maximum absolute atomic E-state index is 11.4. The van der Waals surface area contributed by atoms with Crippen molar-refractivity contribution in [3.05, 3.63) is 0 Å². The van der Waals surface area contributed by atoms with Crippen molar-refractivity contribution in [3.63, 3.8) is 0 Å². The van der Waals surface area contributed by atoms with Crippen molar-refractivity contribution in [3.8, 4) is 0 Å². The van der Waals surface area contributed by atoms with Crippen LogP contribution in [0.2, 0.25) is 0 Å². The second kappa shape index (κ2) is 5.94. The summed E-state index contributed by atoms with van der Waals surface area (Å²) in [5, 5.41) is 0. The minimum absolute atomic E-state index is 0.262. The Labute approximate surface area is 159 Å². The van der Waals surface area contributed by atoms with E-state index >= 15 is 0 Å². The number of hydrogen-bond acceptors (Lipinski definition) is 3. The minimum atomic E-state index is 0.262. The average molecular weight is 360 g/mol. The van der Waals surface area contributed by atoms with Crippen LogP contribution in [0.25, 0.3) is 0 Å². The fourth-order valence-electron chi connectivity index (χ4n) is 6.91. The molecule has 3 saturated heterocycles. The fraction of sp³-hybridized carbons (Fsp3) is 0.955. The molecule has 0 bridgehead atoms. The van der Waals surface area contributed by atoms with Crippen LogP contribution < -0.4 is 0 Å². The van der Waals surface area contributed by atoms with E-state index < -0.39 is 0 Å². The maximum Gasteiger partial charge on any atom is 0.219 e. The molecule has 5 aliphatic rings. The number of likely N-dealkylation sites (tertiary alicyclic amines) is 3. The predicted molar refractivity (Wildman–Crippen MR) is 104 cm³/mol. The molecule has 26 heavy (non-hydrogen) atoms. The highest BCUT2D eigenvalue weighted by molar-refractivity contribution is 5.74. The Morgan fingerprint density at radius 3 is 1.96 bits per heavy atom. The van der Waals surface area contributed by atoms with Crippen LogP contribution in [0.5, 0.6) is 0 Å². The van der Waals surface area contributed by atoms with Gasteiger partial charge in [0.2, 0.25) is 5.91 Å². The Kier molecular flexibility index (Phi) is 4.00. The molecular formula is C22H37N3O. The lowest BCUT2D eigenvalue weighted by Crippen LogP contribution is -2.69. The summed E-state index contributed by atoms with van der Waals surface area (Å²) in [6.07, 6.45) is 8.44. The van der Waals surface area contributed by atoms with E-state index in [1.54, 1.807) is 6.92 Å². The van der Waals surface area contributed by atoms with E-state index in [1.165, 1.54) is 64.7 Å². The lowest BCUT2D eigenvalue weighted by Gasteiger charge is -2.64. The molecule has 2 spiro atoms. The zero-order valence-corrected chi connectivity index (χ0v) is 17.0. The summed E-state index contributed by atoms with van der Waals surface area (Å²) in [6, 6.07) is 1.67. The number of carbonyl (C=O) groups is 1. The minimum Gasteiger partial charge on any atom is -0.342 e. The molecule has 4 heteroatoms. The average Bonchev–Trinajstić information content (AvgIpc) is 2.42. The number of rotatable bonds is 3. The number of carbonyl (C=O) groups excluding carboxylic acids is 1. The van der Waals surface area contributed by atoms with E-state index in [0.717, 1.165) is 42.4 Å². The summed E-state index contributed by atoms with van der Waals surface area (Å²) >= 11 is 0. The first-order chi connectivity index (χ1) is 12.4. The first kappa shape index (κ1) is 17.5. The summed E-state index contributed by atoms with van der Waals surface area (Å²) in [7, 11) is 0. The number of nitrogens with zero attached hydrogens (tertiary/aromatic N) is 3. The summed E-state index contributed by atoms with van der Waals surface area (Å²) < 4.78 is 0. The third-order valence-electron chi connectivity index (χ3n) is 8.78. The van der Waals surface area contributed by atoms with E-state index in [2.05, 4.69) is 23.6 Å². The molecule has 3 heterocycles. The van der Waals surface area contributed by atoms with Gasteiger partial charge < -0.3 is 9.80 Å². The van der Waals surface area contributed by atoms with Crippen LogP contribution in [0.1, 0.15) is 59.3 Å². The highest BCUT2D eigenvalue weighted by Crippen LogP contribution is 2.55. The number of amides is 1. The van der Waals surface area contributed by atoms with Crippen molar-refractivity contribution in [2.24, 2.45) is 22.7 Å². The molecule has 0 unspecified atom stereocenters. The number of hydrogen-bond donors (Lipinski definition) is 0. The van der Waals surface area contributed by atoms with Crippen LogP contribution in [0, 0.1) is 22.7 Å². The van der Waals surface area contributed by atoms with Crippen LogP contribution in [-0.2, 0) is 4.79 Å². The molecule has 2 aliphatic carbocycles. The van der Waals surface area contributed by atoms with Crippen molar-refractivity contribution in [1.29, 1.82) is 0 Å². The quantitative estimate of drug-likeness (QED) is 0.775. The summed E-state index contributed by atoms with van der Waals surface area (Å²) in [6.45, 7) is 14.0. The van der Waals surface area contributed by atoms with Gasteiger partial charge in [0.1, 0.15) is 0 Å². The molecule has 0 aromatic carbocycles. The van der Waals surface area contributed by atoms with Crippen LogP contribution in [0.3, 0.4) is 0 Å². The van der Waals surface area contributed by atoms with Crippen LogP contribution in [-0.4, -0.2) is 72.0 Å². The zero-order valence-electron chi connectivity index (χ0n) is 17.0. The molecule has 0 radical (unpaired) electrons. The summed E-state index contributed by atoms with van der Waals surface area (Å²) in [4.78, 5) is 19.0. The molecule has 2 saturated carbocycles. The van der Waals surface area contributed by atoms with Gasteiger partial charge in [0.15, 0.2) is 0 Å². The van der Waals surface area contributed by atoms with Crippen molar-refractivity contribution >= 4 is 5.91 Å². The molecule has 0 aromatic heterocycles. The van der Waals surface area contributed by atoms with Crippen molar-refractivity contribution < 1.29 is 4.79 Å². The highest BCUT2D eigenvalue weighted by Gasteiger charge is 2.56. The van der Waals surface area contributed by atoms with Gasteiger partial charge in [0.05, 0.1) is 0 Å². The molecule has 1 amide bonds. The van der Waals surface area contributed by atoms with E-state index in [9.17, 15) is 4.79 Å². The monoisotopic (exact) mass is 359 g/mol. The molecule has 4 nitrogen and oxygen atoms in total. The van der Waals surface area contributed by atoms with Gasteiger partial charge in [0, 0.05) is 50.6 Å². The molecule has 0 atom stereocenters.